The van der Waals surface area contributed by atoms with Gasteiger partial charge in [-0.25, -0.2) is 8.42 Å². The van der Waals surface area contributed by atoms with Crippen LogP contribution in [-0.4, -0.2) is 47.7 Å². The molecule has 1 fully saturated rings. The Morgan fingerprint density at radius 3 is 2.55 bits per heavy atom. The molecule has 0 aromatic heterocycles. The molecule has 1 aliphatic heterocycles. The number of halogens is 1. The van der Waals surface area contributed by atoms with E-state index in [2.05, 4.69) is 15.1 Å². The second-order valence-corrected chi connectivity index (χ2v) is 8.62. The van der Waals surface area contributed by atoms with Gasteiger partial charge in [0.15, 0.2) is 0 Å². The summed E-state index contributed by atoms with van der Waals surface area (Å²) in [6.45, 7) is 1.37. The summed E-state index contributed by atoms with van der Waals surface area (Å²) < 4.78 is 29.2. The first-order valence-corrected chi connectivity index (χ1v) is 10.7. The lowest BCUT2D eigenvalue weighted by Gasteiger charge is -2.21. The summed E-state index contributed by atoms with van der Waals surface area (Å²) in [5, 5.41) is 3.60. The van der Waals surface area contributed by atoms with Crippen LogP contribution in [0.25, 0.3) is 0 Å². The minimum atomic E-state index is -3.76. The van der Waals surface area contributed by atoms with Crippen LogP contribution in [0.5, 0.6) is 5.75 Å². The molecule has 0 spiro atoms. The predicted octanol–water partition coefficient (Wildman–Crippen LogP) is 2.20. The first kappa shape index (κ1) is 21.4. The minimum absolute atomic E-state index is 0.0102. The molecule has 0 bridgehead atoms. The number of carbonyl (C=O) groups excluding carboxylic acids is 1. The van der Waals surface area contributed by atoms with Crippen molar-refractivity contribution in [1.29, 1.82) is 0 Å². The van der Waals surface area contributed by atoms with E-state index in [4.69, 9.17) is 16.3 Å². The molecule has 1 heterocycles. The van der Waals surface area contributed by atoms with Gasteiger partial charge in [-0.2, -0.15) is 0 Å². The number of nitrogens with zero attached hydrogens (tertiary/aromatic N) is 1. The van der Waals surface area contributed by atoms with Crippen molar-refractivity contribution < 1.29 is 22.8 Å². The van der Waals surface area contributed by atoms with Crippen LogP contribution in [0.2, 0.25) is 5.02 Å². The number of rotatable bonds is 7. The standard InChI is InChI=1S/C19H22ClN3O5S/c1-27-18-8-5-14(20)11-17(18)23-10-9-15(12-23)21-19(24)13-3-6-16(7-4-13)29(25,26)22-28-2/h3-8,11,15,22H,9-10,12H2,1-2H3,(H,21,24). The van der Waals surface area contributed by atoms with E-state index in [9.17, 15) is 13.2 Å². The first-order chi connectivity index (χ1) is 13.8. The van der Waals surface area contributed by atoms with Crippen LogP contribution in [0.4, 0.5) is 5.69 Å². The maximum absolute atomic E-state index is 12.5. The molecule has 156 valence electrons. The highest BCUT2D eigenvalue weighted by Crippen LogP contribution is 2.33. The van der Waals surface area contributed by atoms with Crippen LogP contribution in [0, 0.1) is 0 Å². The molecule has 0 saturated carbocycles. The average molecular weight is 440 g/mol. The van der Waals surface area contributed by atoms with Crippen LogP contribution in [0.1, 0.15) is 16.8 Å². The van der Waals surface area contributed by atoms with Crippen LogP contribution >= 0.6 is 11.6 Å². The smallest absolute Gasteiger partial charge is 0.262 e. The second-order valence-electron chi connectivity index (χ2n) is 6.54. The Hall–Kier alpha value is -2.33. The summed E-state index contributed by atoms with van der Waals surface area (Å²) in [6, 6.07) is 11.0. The third-order valence-electron chi connectivity index (χ3n) is 4.62. The predicted molar refractivity (Wildman–Crippen MR) is 110 cm³/mol. The quantitative estimate of drug-likeness (QED) is 0.642. The van der Waals surface area contributed by atoms with Gasteiger partial charge in [0.25, 0.3) is 15.9 Å². The van der Waals surface area contributed by atoms with Crippen LogP contribution < -0.4 is 19.8 Å². The zero-order chi connectivity index (χ0) is 21.0. The Balaban J connectivity index is 1.64. The minimum Gasteiger partial charge on any atom is -0.495 e. The van der Waals surface area contributed by atoms with E-state index in [1.165, 1.54) is 31.4 Å². The highest BCUT2D eigenvalue weighted by atomic mass is 35.5. The maximum Gasteiger partial charge on any atom is 0.262 e. The summed E-state index contributed by atoms with van der Waals surface area (Å²) in [4.78, 5) is 21.1. The molecule has 1 unspecified atom stereocenters. The summed E-state index contributed by atoms with van der Waals surface area (Å²) >= 11 is 6.11. The number of amides is 1. The van der Waals surface area contributed by atoms with Gasteiger partial charge in [-0.15, -0.1) is 0 Å². The number of methoxy groups -OCH3 is 1. The summed E-state index contributed by atoms with van der Waals surface area (Å²) in [5.74, 6) is 0.460. The number of ether oxygens (including phenoxy) is 1. The van der Waals surface area contributed by atoms with Crippen molar-refractivity contribution in [2.75, 3.05) is 32.2 Å². The lowest BCUT2D eigenvalue weighted by Crippen LogP contribution is -2.37. The van der Waals surface area contributed by atoms with Gasteiger partial charge in [0, 0.05) is 29.7 Å². The molecule has 2 aromatic rings. The van der Waals surface area contributed by atoms with Crippen LogP contribution in [0.15, 0.2) is 47.4 Å². The lowest BCUT2D eigenvalue weighted by molar-refractivity contribution is 0.0940. The molecule has 2 aromatic carbocycles. The van der Waals surface area contributed by atoms with E-state index < -0.39 is 10.0 Å². The van der Waals surface area contributed by atoms with Crippen molar-refractivity contribution in [3.8, 4) is 5.75 Å². The normalized spacial score (nSPS) is 16.7. The zero-order valence-electron chi connectivity index (χ0n) is 16.0. The van der Waals surface area contributed by atoms with Crippen LogP contribution in [0.3, 0.4) is 0 Å². The molecule has 1 atom stereocenters. The van der Waals surface area contributed by atoms with Crippen LogP contribution in [-0.2, 0) is 14.9 Å². The molecule has 10 heteroatoms. The highest BCUT2D eigenvalue weighted by molar-refractivity contribution is 7.89. The van der Waals surface area contributed by atoms with Gasteiger partial charge in [0.2, 0.25) is 0 Å². The average Bonchev–Trinajstić information content (AvgIpc) is 3.16. The van der Waals surface area contributed by atoms with Gasteiger partial charge < -0.3 is 15.0 Å². The first-order valence-electron chi connectivity index (χ1n) is 8.88. The molecule has 1 saturated heterocycles. The van der Waals surface area contributed by atoms with Crippen molar-refractivity contribution in [3.63, 3.8) is 0 Å². The van der Waals surface area contributed by atoms with E-state index in [-0.39, 0.29) is 16.8 Å². The second kappa shape index (κ2) is 9.00. The van der Waals surface area contributed by atoms with Gasteiger partial charge in [0.05, 0.1) is 24.8 Å². The Morgan fingerprint density at radius 1 is 1.17 bits per heavy atom. The monoisotopic (exact) mass is 439 g/mol. The number of hydrogen-bond acceptors (Lipinski definition) is 6. The summed E-state index contributed by atoms with van der Waals surface area (Å²) in [7, 11) is -0.940. The molecule has 8 nitrogen and oxygen atoms in total. The molecule has 29 heavy (non-hydrogen) atoms. The van der Waals surface area contributed by atoms with E-state index in [0.717, 1.165) is 24.4 Å². The van der Waals surface area contributed by atoms with Crippen molar-refractivity contribution in [3.05, 3.63) is 53.1 Å². The maximum atomic E-state index is 12.5. The largest absolute Gasteiger partial charge is 0.495 e. The fourth-order valence-corrected chi connectivity index (χ4v) is 4.20. The molecule has 1 aliphatic rings. The number of hydrogen-bond donors (Lipinski definition) is 2. The lowest BCUT2D eigenvalue weighted by atomic mass is 10.2. The third kappa shape index (κ3) is 4.99. The van der Waals surface area contributed by atoms with Gasteiger partial charge in [-0.05, 0) is 48.9 Å². The number of nitrogens with one attached hydrogen (secondary N) is 2. The van der Waals surface area contributed by atoms with Gasteiger partial charge >= 0.3 is 0 Å². The van der Waals surface area contributed by atoms with E-state index >= 15 is 0 Å². The van der Waals surface area contributed by atoms with E-state index in [1.807, 2.05) is 17.0 Å². The molecular weight excluding hydrogens is 418 g/mol. The van der Waals surface area contributed by atoms with Crippen molar-refractivity contribution in [2.24, 2.45) is 0 Å². The molecule has 3 rings (SSSR count). The van der Waals surface area contributed by atoms with Gasteiger partial charge in [-0.1, -0.05) is 16.5 Å². The summed E-state index contributed by atoms with van der Waals surface area (Å²) in [5.41, 5.74) is 1.26. The highest BCUT2D eigenvalue weighted by Gasteiger charge is 2.26. The Morgan fingerprint density at radius 2 is 1.90 bits per heavy atom. The van der Waals surface area contributed by atoms with Gasteiger partial charge in [0.1, 0.15) is 5.75 Å². The Kier molecular flexibility index (Phi) is 6.63. The number of sulfonamides is 1. The molecule has 1 amide bonds. The number of benzene rings is 2. The SMILES string of the molecule is CONS(=O)(=O)c1ccc(C(=O)NC2CCN(c3cc(Cl)ccc3OC)C2)cc1. The fourth-order valence-electron chi connectivity index (χ4n) is 3.22. The van der Waals surface area contributed by atoms with Crippen molar-refractivity contribution in [1.82, 2.24) is 10.2 Å². The van der Waals surface area contributed by atoms with Crippen molar-refractivity contribution in [2.45, 2.75) is 17.4 Å². The molecule has 2 N–H and O–H groups in total. The topological polar surface area (TPSA) is 97.0 Å². The molecule has 0 radical (unpaired) electrons. The van der Waals surface area contributed by atoms with E-state index in [0.29, 0.717) is 17.1 Å². The molecule has 0 aliphatic carbocycles. The van der Waals surface area contributed by atoms with Crippen molar-refractivity contribution >= 4 is 33.2 Å². The molecular formula is C19H22ClN3O5S. The summed E-state index contributed by atoms with van der Waals surface area (Å²) in [6.07, 6.45) is 0.769. The number of anilines is 1. The Labute approximate surface area is 174 Å². The Bertz CT molecular complexity index is 982. The zero-order valence-corrected chi connectivity index (χ0v) is 17.6. The van der Waals surface area contributed by atoms with Gasteiger partial charge in [-0.3, -0.25) is 9.63 Å². The third-order valence-corrected chi connectivity index (χ3v) is 6.14. The number of carbonyl (C=O) groups is 1. The van der Waals surface area contributed by atoms with E-state index in [1.54, 1.807) is 13.2 Å². The fraction of sp³-hybridized carbons (Fsp3) is 0.316.